The fourth-order valence-electron chi connectivity index (χ4n) is 4.35. The van der Waals surface area contributed by atoms with Crippen LogP contribution in [0.3, 0.4) is 0 Å². The largest absolute Gasteiger partial charge is 0.455 e. The van der Waals surface area contributed by atoms with Crippen LogP contribution < -0.4 is 5.43 Å². The maximum Gasteiger partial charge on any atom is 0.289 e. The number of nitrogens with one attached hydrogen (secondary N) is 1. The van der Waals surface area contributed by atoms with Gasteiger partial charge >= 0.3 is 0 Å². The average Bonchev–Trinajstić information content (AvgIpc) is 2.93. The van der Waals surface area contributed by atoms with Gasteiger partial charge < -0.3 is 9.32 Å². The van der Waals surface area contributed by atoms with Gasteiger partial charge in [0.2, 0.25) is 5.91 Å². The summed E-state index contributed by atoms with van der Waals surface area (Å²) >= 11 is 0. The molecular formula is C24H29N3O3. The van der Waals surface area contributed by atoms with Crippen LogP contribution in [0.25, 0.3) is 0 Å². The van der Waals surface area contributed by atoms with Crippen molar-refractivity contribution >= 4 is 17.5 Å². The van der Waals surface area contributed by atoms with E-state index in [1.807, 2.05) is 42.2 Å². The SMILES string of the molecule is Cc1c(C(=O)N2CCCCCC2)oc2c1/C(=N/NC(=O)Cc1ccccc1)CCC2. The Morgan fingerprint density at radius 1 is 1.03 bits per heavy atom. The number of fused-ring (bicyclic) bond motifs is 1. The molecule has 6 nitrogen and oxygen atoms in total. The molecule has 1 aromatic heterocycles. The van der Waals surface area contributed by atoms with Crippen molar-refractivity contribution in [1.29, 1.82) is 0 Å². The van der Waals surface area contributed by atoms with Gasteiger partial charge in [-0.05, 0) is 38.2 Å². The van der Waals surface area contributed by atoms with Crippen molar-refractivity contribution in [1.82, 2.24) is 10.3 Å². The van der Waals surface area contributed by atoms with Crippen molar-refractivity contribution in [2.24, 2.45) is 5.10 Å². The van der Waals surface area contributed by atoms with Crippen LogP contribution in [0.5, 0.6) is 0 Å². The second kappa shape index (κ2) is 9.28. The highest BCUT2D eigenvalue weighted by Gasteiger charge is 2.30. The fourth-order valence-corrected chi connectivity index (χ4v) is 4.35. The van der Waals surface area contributed by atoms with Crippen LogP contribution in [-0.2, 0) is 17.6 Å². The molecule has 2 aromatic rings. The summed E-state index contributed by atoms with van der Waals surface area (Å²) < 4.78 is 6.04. The molecule has 1 saturated heterocycles. The van der Waals surface area contributed by atoms with Gasteiger partial charge in [-0.3, -0.25) is 9.59 Å². The Hall–Kier alpha value is -2.89. The lowest BCUT2D eigenvalue weighted by Crippen LogP contribution is -2.32. The fraction of sp³-hybridized carbons (Fsp3) is 0.458. The normalized spacial score (nSPS) is 18.0. The first-order valence-corrected chi connectivity index (χ1v) is 10.9. The summed E-state index contributed by atoms with van der Waals surface area (Å²) in [5.41, 5.74) is 6.18. The lowest BCUT2D eigenvalue weighted by Gasteiger charge is -2.19. The van der Waals surface area contributed by atoms with E-state index >= 15 is 0 Å². The Kier molecular flexibility index (Phi) is 6.31. The standard InChI is InChI=1S/C24H29N3O3/c1-17-22-19(25-26-21(28)16-18-10-5-4-6-11-18)12-9-13-20(22)30-23(17)24(29)27-14-7-2-3-8-15-27/h4-6,10-11H,2-3,7-9,12-16H2,1H3,(H,26,28)/b25-19+. The number of furan rings is 1. The van der Waals surface area contributed by atoms with Gasteiger partial charge in [-0.2, -0.15) is 5.10 Å². The van der Waals surface area contributed by atoms with Crippen molar-refractivity contribution < 1.29 is 14.0 Å². The van der Waals surface area contributed by atoms with Crippen LogP contribution >= 0.6 is 0 Å². The Labute approximate surface area is 177 Å². The van der Waals surface area contributed by atoms with Gasteiger partial charge in [-0.1, -0.05) is 43.2 Å². The minimum atomic E-state index is -0.150. The number of likely N-dealkylation sites (tertiary alicyclic amines) is 1. The molecule has 2 heterocycles. The maximum absolute atomic E-state index is 13.1. The molecule has 0 saturated carbocycles. The average molecular weight is 408 g/mol. The molecular weight excluding hydrogens is 378 g/mol. The zero-order chi connectivity index (χ0) is 20.9. The number of carbonyl (C=O) groups excluding carboxylic acids is 2. The molecule has 1 aromatic carbocycles. The lowest BCUT2D eigenvalue weighted by molar-refractivity contribution is -0.120. The molecule has 0 spiro atoms. The number of hydrogen-bond donors (Lipinski definition) is 1. The highest BCUT2D eigenvalue weighted by molar-refractivity contribution is 6.06. The molecule has 6 heteroatoms. The van der Waals surface area contributed by atoms with Crippen LogP contribution in [0, 0.1) is 6.92 Å². The van der Waals surface area contributed by atoms with Crippen LogP contribution in [0.4, 0.5) is 0 Å². The first-order chi connectivity index (χ1) is 14.6. The van der Waals surface area contributed by atoms with E-state index in [2.05, 4.69) is 10.5 Å². The van der Waals surface area contributed by atoms with E-state index in [9.17, 15) is 9.59 Å². The Morgan fingerprint density at radius 2 is 1.77 bits per heavy atom. The van der Waals surface area contributed by atoms with E-state index in [1.54, 1.807) is 0 Å². The molecule has 2 amide bonds. The molecule has 0 bridgehead atoms. The van der Waals surface area contributed by atoms with E-state index < -0.39 is 0 Å². The first kappa shape index (κ1) is 20.4. The summed E-state index contributed by atoms with van der Waals surface area (Å²) in [4.78, 5) is 27.3. The number of nitrogens with zero attached hydrogens (tertiary/aromatic N) is 2. The van der Waals surface area contributed by atoms with Crippen LogP contribution in [-0.4, -0.2) is 35.5 Å². The molecule has 1 fully saturated rings. The predicted octanol–water partition coefficient (Wildman–Crippen LogP) is 4.00. The first-order valence-electron chi connectivity index (χ1n) is 10.9. The quantitative estimate of drug-likeness (QED) is 0.779. The number of hydrazone groups is 1. The third-order valence-corrected chi connectivity index (χ3v) is 5.94. The Balaban J connectivity index is 1.51. The molecule has 2 aliphatic rings. The number of rotatable bonds is 4. The molecule has 0 unspecified atom stereocenters. The van der Waals surface area contributed by atoms with Crippen molar-refractivity contribution in [3.63, 3.8) is 0 Å². The van der Waals surface area contributed by atoms with Crippen molar-refractivity contribution in [3.8, 4) is 0 Å². The van der Waals surface area contributed by atoms with E-state index in [0.717, 1.165) is 73.4 Å². The van der Waals surface area contributed by atoms with Gasteiger partial charge in [0.15, 0.2) is 5.76 Å². The monoisotopic (exact) mass is 407 g/mol. The van der Waals surface area contributed by atoms with Gasteiger partial charge in [0.05, 0.1) is 12.1 Å². The second-order valence-corrected chi connectivity index (χ2v) is 8.17. The summed E-state index contributed by atoms with van der Waals surface area (Å²) in [7, 11) is 0. The van der Waals surface area contributed by atoms with Crippen molar-refractivity contribution in [2.45, 2.75) is 58.3 Å². The molecule has 0 radical (unpaired) electrons. The minimum absolute atomic E-state index is 0.0173. The van der Waals surface area contributed by atoms with Gasteiger partial charge in [0.25, 0.3) is 5.91 Å². The van der Waals surface area contributed by atoms with Gasteiger partial charge in [-0.15, -0.1) is 0 Å². The van der Waals surface area contributed by atoms with E-state index in [4.69, 9.17) is 4.42 Å². The van der Waals surface area contributed by atoms with Crippen LogP contribution in [0.2, 0.25) is 0 Å². The lowest BCUT2D eigenvalue weighted by atomic mass is 9.93. The summed E-state index contributed by atoms with van der Waals surface area (Å²) in [6.45, 7) is 3.51. The Bertz CT molecular complexity index is 938. The zero-order valence-electron chi connectivity index (χ0n) is 17.6. The predicted molar refractivity (Wildman–Crippen MR) is 116 cm³/mol. The molecule has 1 aliphatic heterocycles. The number of amides is 2. The number of carbonyl (C=O) groups is 2. The summed E-state index contributed by atoms with van der Waals surface area (Å²) in [5.74, 6) is 1.08. The van der Waals surface area contributed by atoms with Crippen LogP contribution in [0.15, 0.2) is 39.9 Å². The number of benzene rings is 1. The Morgan fingerprint density at radius 3 is 2.50 bits per heavy atom. The van der Waals surface area contributed by atoms with Gasteiger partial charge in [0, 0.05) is 30.6 Å². The van der Waals surface area contributed by atoms with E-state index in [-0.39, 0.29) is 18.2 Å². The molecule has 30 heavy (non-hydrogen) atoms. The van der Waals surface area contributed by atoms with Gasteiger partial charge in [-0.25, -0.2) is 5.43 Å². The molecule has 4 rings (SSSR count). The minimum Gasteiger partial charge on any atom is -0.455 e. The molecule has 158 valence electrons. The molecule has 1 aliphatic carbocycles. The van der Waals surface area contributed by atoms with E-state index in [0.29, 0.717) is 5.76 Å². The number of hydrogen-bond acceptors (Lipinski definition) is 4. The van der Waals surface area contributed by atoms with Crippen molar-refractivity contribution in [2.75, 3.05) is 13.1 Å². The van der Waals surface area contributed by atoms with E-state index in [1.165, 1.54) is 12.8 Å². The van der Waals surface area contributed by atoms with Gasteiger partial charge in [0.1, 0.15) is 5.76 Å². The number of aryl methyl sites for hydroxylation is 1. The topological polar surface area (TPSA) is 74.9 Å². The summed E-state index contributed by atoms with van der Waals surface area (Å²) in [5, 5.41) is 4.41. The summed E-state index contributed by atoms with van der Waals surface area (Å²) in [6.07, 6.45) is 7.18. The highest BCUT2D eigenvalue weighted by atomic mass is 16.4. The zero-order valence-corrected chi connectivity index (χ0v) is 17.6. The molecule has 1 N–H and O–H groups in total. The van der Waals surface area contributed by atoms with Crippen molar-refractivity contribution in [3.05, 3.63) is 58.5 Å². The van der Waals surface area contributed by atoms with Crippen LogP contribution in [0.1, 0.15) is 71.5 Å². The smallest absolute Gasteiger partial charge is 0.289 e. The maximum atomic E-state index is 13.1. The highest BCUT2D eigenvalue weighted by Crippen LogP contribution is 2.31. The second-order valence-electron chi connectivity index (χ2n) is 8.17. The summed E-state index contributed by atoms with van der Waals surface area (Å²) in [6, 6.07) is 9.61. The third-order valence-electron chi connectivity index (χ3n) is 5.94. The molecule has 0 atom stereocenters. The third kappa shape index (κ3) is 4.48.